The number of hydrogen-bond donors (Lipinski definition) is 2. The average molecular weight is 269 g/mol. The van der Waals surface area contributed by atoms with Crippen LogP contribution >= 0.6 is 0 Å². The Labute approximate surface area is 116 Å². The third kappa shape index (κ3) is 2.28. The van der Waals surface area contributed by atoms with E-state index in [-0.39, 0.29) is 5.75 Å². The number of phenolic OH excluding ortho intramolecular Hbond substituents is 1. The molecule has 20 heavy (non-hydrogen) atoms. The topological polar surface area (TPSA) is 54.5 Å². The fourth-order valence-electron chi connectivity index (χ4n) is 2.19. The number of fused-ring (bicyclic) bond motifs is 1. The van der Waals surface area contributed by atoms with Gasteiger partial charge in [0, 0.05) is 28.7 Å². The zero-order valence-corrected chi connectivity index (χ0v) is 11.1. The van der Waals surface area contributed by atoms with Gasteiger partial charge in [0.05, 0.1) is 7.11 Å². The summed E-state index contributed by atoms with van der Waals surface area (Å²) in [5.74, 6) is 1.67. The lowest BCUT2D eigenvalue weighted by molar-refractivity contribution is 0.285. The number of rotatable bonds is 4. The maximum absolute atomic E-state index is 9.45. The summed E-state index contributed by atoms with van der Waals surface area (Å²) in [7, 11) is 1.62. The molecule has 3 aromatic rings. The molecule has 2 N–H and O–H groups in total. The highest BCUT2D eigenvalue weighted by Crippen LogP contribution is 2.28. The molecule has 0 radical (unpaired) electrons. The van der Waals surface area contributed by atoms with Crippen LogP contribution in [-0.2, 0) is 6.61 Å². The second kappa shape index (κ2) is 5.17. The Morgan fingerprint density at radius 3 is 2.70 bits per heavy atom. The van der Waals surface area contributed by atoms with Crippen LogP contribution in [0.1, 0.15) is 5.56 Å². The molecule has 4 nitrogen and oxygen atoms in total. The van der Waals surface area contributed by atoms with E-state index in [0.29, 0.717) is 18.1 Å². The van der Waals surface area contributed by atoms with E-state index in [0.717, 1.165) is 16.5 Å². The quantitative estimate of drug-likeness (QED) is 0.762. The van der Waals surface area contributed by atoms with Crippen molar-refractivity contribution in [1.29, 1.82) is 0 Å². The van der Waals surface area contributed by atoms with Gasteiger partial charge in [-0.05, 0) is 24.3 Å². The van der Waals surface area contributed by atoms with Gasteiger partial charge in [0.1, 0.15) is 12.4 Å². The van der Waals surface area contributed by atoms with Crippen LogP contribution in [0.15, 0.2) is 48.7 Å². The number of methoxy groups -OCH3 is 1. The zero-order valence-electron chi connectivity index (χ0n) is 11.1. The molecule has 0 amide bonds. The van der Waals surface area contributed by atoms with Gasteiger partial charge in [-0.1, -0.05) is 12.1 Å². The van der Waals surface area contributed by atoms with E-state index in [9.17, 15) is 5.11 Å². The monoisotopic (exact) mass is 269 g/mol. The zero-order chi connectivity index (χ0) is 13.9. The first kappa shape index (κ1) is 12.4. The summed E-state index contributed by atoms with van der Waals surface area (Å²) in [6.45, 7) is 0.436. The van der Waals surface area contributed by atoms with Crippen LogP contribution in [0.25, 0.3) is 10.9 Å². The Morgan fingerprint density at radius 2 is 1.90 bits per heavy atom. The van der Waals surface area contributed by atoms with Gasteiger partial charge in [-0.2, -0.15) is 0 Å². The largest absolute Gasteiger partial charge is 0.508 e. The first-order valence-electron chi connectivity index (χ1n) is 6.33. The van der Waals surface area contributed by atoms with E-state index >= 15 is 0 Å². The summed E-state index contributed by atoms with van der Waals surface area (Å²) in [6.07, 6.45) is 1.89. The van der Waals surface area contributed by atoms with E-state index in [2.05, 4.69) is 4.98 Å². The number of aromatic amines is 1. The molecular weight excluding hydrogens is 254 g/mol. The maximum atomic E-state index is 9.45. The second-order valence-electron chi connectivity index (χ2n) is 4.48. The number of aromatic hydroxyl groups is 1. The number of para-hydroxylation sites is 2. The van der Waals surface area contributed by atoms with Crippen molar-refractivity contribution in [2.24, 2.45) is 0 Å². The lowest BCUT2D eigenvalue weighted by Crippen LogP contribution is -1.96. The van der Waals surface area contributed by atoms with E-state index in [1.54, 1.807) is 19.2 Å². The van der Waals surface area contributed by atoms with Crippen LogP contribution in [-0.4, -0.2) is 17.2 Å². The van der Waals surface area contributed by atoms with Crippen LogP contribution in [0.4, 0.5) is 0 Å². The molecule has 1 aromatic heterocycles. The molecule has 4 heteroatoms. The van der Waals surface area contributed by atoms with E-state index in [4.69, 9.17) is 9.47 Å². The Balaban J connectivity index is 1.83. The molecule has 0 unspecified atom stereocenters. The molecule has 0 spiro atoms. The van der Waals surface area contributed by atoms with Crippen LogP contribution in [0.3, 0.4) is 0 Å². The molecule has 102 valence electrons. The van der Waals surface area contributed by atoms with E-state index < -0.39 is 0 Å². The van der Waals surface area contributed by atoms with Crippen LogP contribution in [0.5, 0.6) is 17.2 Å². The minimum atomic E-state index is 0.247. The number of nitrogens with one attached hydrogen (secondary N) is 1. The summed E-state index contributed by atoms with van der Waals surface area (Å²) in [5, 5.41) is 10.5. The predicted octanol–water partition coefficient (Wildman–Crippen LogP) is 3.46. The van der Waals surface area contributed by atoms with Crippen molar-refractivity contribution in [2.45, 2.75) is 6.61 Å². The molecule has 0 bridgehead atoms. The number of phenols is 1. The van der Waals surface area contributed by atoms with Gasteiger partial charge in [-0.3, -0.25) is 0 Å². The highest BCUT2D eigenvalue weighted by Gasteiger charge is 2.07. The molecule has 3 rings (SSSR count). The standard InChI is InChI=1S/C16H15NO3/c1-19-15-4-2-3-5-16(15)20-10-11-9-17-14-8-12(18)6-7-13(11)14/h2-9,17-18H,10H2,1H3. The molecule has 1 heterocycles. The molecule has 0 aliphatic heterocycles. The fourth-order valence-corrected chi connectivity index (χ4v) is 2.19. The molecule has 0 fully saturated rings. The number of ether oxygens (including phenoxy) is 2. The normalized spacial score (nSPS) is 10.7. The number of benzene rings is 2. The van der Waals surface area contributed by atoms with Gasteiger partial charge in [-0.15, -0.1) is 0 Å². The van der Waals surface area contributed by atoms with Crippen LogP contribution < -0.4 is 9.47 Å². The summed E-state index contributed by atoms with van der Waals surface area (Å²) in [5.41, 5.74) is 1.93. The highest BCUT2D eigenvalue weighted by molar-refractivity contribution is 5.84. The SMILES string of the molecule is COc1ccccc1OCc1c[nH]c2cc(O)ccc12. The van der Waals surface area contributed by atoms with Gasteiger partial charge < -0.3 is 19.6 Å². The van der Waals surface area contributed by atoms with Gasteiger partial charge >= 0.3 is 0 Å². The van der Waals surface area contributed by atoms with Gasteiger partial charge in [0.25, 0.3) is 0 Å². The maximum Gasteiger partial charge on any atom is 0.161 e. The van der Waals surface area contributed by atoms with Gasteiger partial charge in [0.15, 0.2) is 11.5 Å². The molecular formula is C16H15NO3. The van der Waals surface area contributed by atoms with Crippen molar-refractivity contribution in [3.63, 3.8) is 0 Å². The second-order valence-corrected chi connectivity index (χ2v) is 4.48. The van der Waals surface area contributed by atoms with Crippen molar-refractivity contribution in [3.05, 3.63) is 54.2 Å². The molecule has 0 saturated heterocycles. The first-order valence-corrected chi connectivity index (χ1v) is 6.33. The minimum Gasteiger partial charge on any atom is -0.508 e. The number of aromatic nitrogens is 1. The van der Waals surface area contributed by atoms with Crippen molar-refractivity contribution >= 4 is 10.9 Å². The highest BCUT2D eigenvalue weighted by atomic mass is 16.5. The van der Waals surface area contributed by atoms with E-state index in [1.807, 2.05) is 36.5 Å². The van der Waals surface area contributed by atoms with Crippen molar-refractivity contribution in [1.82, 2.24) is 4.98 Å². The predicted molar refractivity (Wildman–Crippen MR) is 77.3 cm³/mol. The number of H-pyrrole nitrogens is 1. The summed E-state index contributed by atoms with van der Waals surface area (Å²) in [6, 6.07) is 12.8. The van der Waals surface area contributed by atoms with Crippen LogP contribution in [0, 0.1) is 0 Å². The summed E-state index contributed by atoms with van der Waals surface area (Å²) < 4.78 is 11.1. The summed E-state index contributed by atoms with van der Waals surface area (Å²) in [4.78, 5) is 3.12. The molecule has 0 saturated carbocycles. The van der Waals surface area contributed by atoms with Gasteiger partial charge in [-0.25, -0.2) is 0 Å². The van der Waals surface area contributed by atoms with Crippen molar-refractivity contribution < 1.29 is 14.6 Å². The molecule has 2 aromatic carbocycles. The lowest BCUT2D eigenvalue weighted by Gasteiger charge is -2.09. The van der Waals surface area contributed by atoms with Gasteiger partial charge in [0.2, 0.25) is 0 Å². The smallest absolute Gasteiger partial charge is 0.161 e. The number of hydrogen-bond acceptors (Lipinski definition) is 3. The molecule has 0 aliphatic rings. The molecule has 0 aliphatic carbocycles. The Hall–Kier alpha value is -2.62. The fraction of sp³-hybridized carbons (Fsp3) is 0.125. The van der Waals surface area contributed by atoms with Crippen molar-refractivity contribution in [3.8, 4) is 17.2 Å². The molecule has 0 atom stereocenters. The first-order chi connectivity index (χ1) is 9.78. The Morgan fingerprint density at radius 1 is 1.10 bits per heavy atom. The third-order valence-corrected chi connectivity index (χ3v) is 3.20. The summed E-state index contributed by atoms with van der Waals surface area (Å²) >= 11 is 0. The van der Waals surface area contributed by atoms with Crippen molar-refractivity contribution in [2.75, 3.05) is 7.11 Å². The average Bonchev–Trinajstić information content (AvgIpc) is 2.87. The third-order valence-electron chi connectivity index (χ3n) is 3.20. The van der Waals surface area contributed by atoms with E-state index in [1.165, 1.54) is 0 Å². The van der Waals surface area contributed by atoms with Crippen LogP contribution in [0.2, 0.25) is 0 Å². The minimum absolute atomic E-state index is 0.247. The Bertz CT molecular complexity index is 733. The Kier molecular flexibility index (Phi) is 3.21. The lowest BCUT2D eigenvalue weighted by atomic mass is 10.2.